The zero-order valence-electron chi connectivity index (χ0n) is 19.1. The Kier molecular flexibility index (Phi) is 7.81. The molecule has 0 atom stereocenters. The number of fused-ring (bicyclic) bond motifs is 1. The molecule has 0 saturated heterocycles. The molecule has 0 aliphatic rings. The number of aryl methyl sites for hydroxylation is 1. The van der Waals surface area contributed by atoms with E-state index >= 15 is 0 Å². The number of aromatic nitrogens is 1. The van der Waals surface area contributed by atoms with E-state index in [1.807, 2.05) is 42.5 Å². The summed E-state index contributed by atoms with van der Waals surface area (Å²) in [6.45, 7) is 1.37. The molecule has 3 aromatic carbocycles. The summed E-state index contributed by atoms with van der Waals surface area (Å²) in [6.07, 6.45) is 4.74. The molecule has 0 fully saturated rings. The minimum atomic E-state index is -3.75. The molecule has 0 unspecified atom stereocenters. The van der Waals surface area contributed by atoms with Gasteiger partial charge in [0.15, 0.2) is 0 Å². The van der Waals surface area contributed by atoms with Crippen LogP contribution in [0.1, 0.15) is 12.0 Å². The SMILES string of the molecule is O=[N+]([O-])c1cccc(CCCNCCNS(=O)(=O)c2cc(-c3ccccc3)cc3cnccc23)c1. The zero-order valence-corrected chi connectivity index (χ0v) is 19.9. The van der Waals surface area contributed by atoms with Crippen LogP contribution >= 0.6 is 0 Å². The number of nitrogens with one attached hydrogen (secondary N) is 2. The lowest BCUT2D eigenvalue weighted by Crippen LogP contribution is -2.32. The molecule has 1 aromatic heterocycles. The van der Waals surface area contributed by atoms with Gasteiger partial charge in [0, 0.05) is 48.4 Å². The van der Waals surface area contributed by atoms with Crippen molar-refractivity contribution in [3.8, 4) is 11.1 Å². The van der Waals surface area contributed by atoms with Crippen molar-refractivity contribution in [2.75, 3.05) is 19.6 Å². The maximum atomic E-state index is 13.2. The van der Waals surface area contributed by atoms with Crippen LogP contribution in [0.25, 0.3) is 21.9 Å². The Morgan fingerprint density at radius 1 is 0.886 bits per heavy atom. The smallest absolute Gasteiger partial charge is 0.269 e. The van der Waals surface area contributed by atoms with Crippen LogP contribution in [-0.2, 0) is 16.4 Å². The van der Waals surface area contributed by atoms with E-state index in [9.17, 15) is 18.5 Å². The van der Waals surface area contributed by atoms with Gasteiger partial charge in [-0.1, -0.05) is 42.5 Å². The predicted molar refractivity (Wildman–Crippen MR) is 137 cm³/mol. The highest BCUT2D eigenvalue weighted by Crippen LogP contribution is 2.30. The lowest BCUT2D eigenvalue weighted by Gasteiger charge is -2.13. The number of hydrogen-bond acceptors (Lipinski definition) is 6. The van der Waals surface area contributed by atoms with Crippen LogP contribution in [-0.4, -0.2) is 38.0 Å². The highest BCUT2D eigenvalue weighted by Gasteiger charge is 2.18. The minimum absolute atomic E-state index is 0.0875. The number of nitrogens with zero attached hydrogens (tertiary/aromatic N) is 2. The molecule has 0 spiro atoms. The van der Waals surface area contributed by atoms with Crippen molar-refractivity contribution in [3.63, 3.8) is 0 Å². The van der Waals surface area contributed by atoms with Crippen molar-refractivity contribution in [1.29, 1.82) is 0 Å². The van der Waals surface area contributed by atoms with Gasteiger partial charge in [-0.15, -0.1) is 0 Å². The summed E-state index contributed by atoms with van der Waals surface area (Å²) in [5.74, 6) is 0. The van der Waals surface area contributed by atoms with Gasteiger partial charge in [-0.05, 0) is 54.3 Å². The molecule has 4 rings (SSSR count). The lowest BCUT2D eigenvalue weighted by atomic mass is 10.0. The molecule has 2 N–H and O–H groups in total. The number of benzene rings is 3. The van der Waals surface area contributed by atoms with E-state index < -0.39 is 14.9 Å². The van der Waals surface area contributed by atoms with E-state index in [-0.39, 0.29) is 17.1 Å². The topological polar surface area (TPSA) is 114 Å². The average Bonchev–Trinajstić information content (AvgIpc) is 2.88. The van der Waals surface area contributed by atoms with Crippen LogP contribution in [0.2, 0.25) is 0 Å². The lowest BCUT2D eigenvalue weighted by molar-refractivity contribution is -0.384. The molecule has 4 aromatic rings. The Labute approximate surface area is 204 Å². The number of hydrogen-bond donors (Lipinski definition) is 2. The molecule has 8 nitrogen and oxygen atoms in total. The van der Waals surface area contributed by atoms with Crippen molar-refractivity contribution < 1.29 is 13.3 Å². The molecule has 35 heavy (non-hydrogen) atoms. The Morgan fingerprint density at radius 3 is 2.51 bits per heavy atom. The number of rotatable bonds is 11. The second kappa shape index (κ2) is 11.2. The fourth-order valence-corrected chi connectivity index (χ4v) is 5.20. The highest BCUT2D eigenvalue weighted by molar-refractivity contribution is 7.89. The van der Waals surface area contributed by atoms with E-state index in [1.54, 1.807) is 36.7 Å². The summed E-state index contributed by atoms with van der Waals surface area (Å²) in [4.78, 5) is 14.9. The van der Waals surface area contributed by atoms with Gasteiger partial charge in [0.2, 0.25) is 10.0 Å². The zero-order chi connectivity index (χ0) is 24.7. The van der Waals surface area contributed by atoms with Gasteiger partial charge in [0.05, 0.1) is 9.82 Å². The maximum absolute atomic E-state index is 13.2. The van der Waals surface area contributed by atoms with Crippen LogP contribution in [0.4, 0.5) is 5.69 Å². The van der Waals surface area contributed by atoms with Crippen LogP contribution < -0.4 is 10.0 Å². The largest absolute Gasteiger partial charge is 0.315 e. The van der Waals surface area contributed by atoms with Gasteiger partial charge < -0.3 is 5.32 Å². The van der Waals surface area contributed by atoms with E-state index in [4.69, 9.17) is 0 Å². The van der Waals surface area contributed by atoms with E-state index in [2.05, 4.69) is 15.0 Å². The van der Waals surface area contributed by atoms with Crippen LogP contribution in [0.5, 0.6) is 0 Å². The van der Waals surface area contributed by atoms with Crippen molar-refractivity contribution in [2.45, 2.75) is 17.7 Å². The predicted octanol–water partition coefficient (Wildman–Crippen LogP) is 4.31. The van der Waals surface area contributed by atoms with Crippen molar-refractivity contribution in [1.82, 2.24) is 15.0 Å². The molecule has 0 amide bonds. The standard InChI is InChI=1S/C26H26N4O4S/c31-30(32)24-10-4-6-20(16-24)7-5-12-27-14-15-29-35(33,34)26-18-22(21-8-2-1-3-9-21)17-23-19-28-13-11-25(23)26/h1-4,6,8-11,13,16-19,27,29H,5,7,12,14-15H2. The normalized spacial score (nSPS) is 11.5. The molecule has 9 heteroatoms. The van der Waals surface area contributed by atoms with Crippen molar-refractivity contribution in [2.24, 2.45) is 0 Å². The Balaban J connectivity index is 1.35. The van der Waals surface area contributed by atoms with Gasteiger partial charge in [-0.2, -0.15) is 0 Å². The minimum Gasteiger partial charge on any atom is -0.315 e. The third kappa shape index (κ3) is 6.27. The first-order valence-corrected chi connectivity index (χ1v) is 12.8. The first-order valence-electron chi connectivity index (χ1n) is 11.3. The number of nitro benzene ring substituents is 1. The number of pyridine rings is 1. The summed E-state index contributed by atoms with van der Waals surface area (Å²) in [6, 6.07) is 21.6. The van der Waals surface area contributed by atoms with Crippen LogP contribution in [0, 0.1) is 10.1 Å². The van der Waals surface area contributed by atoms with E-state index in [0.717, 1.165) is 28.5 Å². The Morgan fingerprint density at radius 2 is 1.71 bits per heavy atom. The third-order valence-corrected chi connectivity index (χ3v) is 7.15. The van der Waals surface area contributed by atoms with Crippen molar-refractivity contribution >= 4 is 26.5 Å². The second-order valence-electron chi connectivity index (χ2n) is 8.12. The summed E-state index contributed by atoms with van der Waals surface area (Å²) in [5.41, 5.74) is 2.73. The van der Waals surface area contributed by atoms with Gasteiger partial charge in [0.25, 0.3) is 5.69 Å². The molecular weight excluding hydrogens is 464 g/mol. The summed E-state index contributed by atoms with van der Waals surface area (Å²) >= 11 is 0. The average molecular weight is 491 g/mol. The van der Waals surface area contributed by atoms with E-state index in [0.29, 0.717) is 24.9 Å². The summed E-state index contributed by atoms with van der Waals surface area (Å²) in [5, 5.41) is 15.5. The monoisotopic (exact) mass is 490 g/mol. The van der Waals surface area contributed by atoms with Gasteiger partial charge >= 0.3 is 0 Å². The molecule has 0 aliphatic carbocycles. The molecule has 1 heterocycles. The molecule has 0 aliphatic heterocycles. The number of nitro groups is 1. The Bertz CT molecular complexity index is 1430. The summed E-state index contributed by atoms with van der Waals surface area (Å²) in [7, 11) is -3.75. The first-order chi connectivity index (χ1) is 16.9. The molecule has 0 radical (unpaired) electrons. The number of sulfonamides is 1. The summed E-state index contributed by atoms with van der Waals surface area (Å²) < 4.78 is 29.0. The third-order valence-electron chi connectivity index (χ3n) is 5.65. The van der Waals surface area contributed by atoms with Crippen molar-refractivity contribution in [3.05, 3.63) is 101 Å². The highest BCUT2D eigenvalue weighted by atomic mass is 32.2. The van der Waals surface area contributed by atoms with E-state index in [1.165, 1.54) is 6.07 Å². The van der Waals surface area contributed by atoms with Crippen LogP contribution in [0.15, 0.2) is 90.1 Å². The molecule has 180 valence electrons. The fraction of sp³-hybridized carbons (Fsp3) is 0.192. The maximum Gasteiger partial charge on any atom is 0.269 e. The second-order valence-corrected chi connectivity index (χ2v) is 9.85. The van der Waals surface area contributed by atoms with Gasteiger partial charge in [-0.25, -0.2) is 13.1 Å². The van der Waals surface area contributed by atoms with Gasteiger partial charge in [0.1, 0.15) is 0 Å². The Hall–Kier alpha value is -3.66. The molecule has 0 saturated carbocycles. The first kappa shape index (κ1) is 24.5. The van der Waals surface area contributed by atoms with Gasteiger partial charge in [-0.3, -0.25) is 15.1 Å². The fourth-order valence-electron chi connectivity index (χ4n) is 3.91. The molecular formula is C26H26N4O4S. The molecule has 0 bridgehead atoms. The quantitative estimate of drug-likeness (QED) is 0.184. The van der Waals surface area contributed by atoms with Crippen LogP contribution in [0.3, 0.4) is 0 Å². The number of non-ortho nitro benzene ring substituents is 1.